The summed E-state index contributed by atoms with van der Waals surface area (Å²) in [6.45, 7) is -0.00514. The van der Waals surface area contributed by atoms with Gasteiger partial charge in [-0.25, -0.2) is 5.43 Å². The molecule has 0 saturated carbocycles. The number of benzene rings is 2. The predicted octanol–water partition coefficient (Wildman–Crippen LogP) is 2.37. The summed E-state index contributed by atoms with van der Waals surface area (Å²) in [5.74, 6) is 1.23. The number of hydrogen-bond donors (Lipinski definition) is 1. The minimum atomic E-state index is -0.369. The second kappa shape index (κ2) is 8.93. The second-order valence-electron chi connectivity index (χ2n) is 4.78. The van der Waals surface area contributed by atoms with E-state index in [0.717, 1.165) is 5.56 Å². The smallest absolute Gasteiger partial charge is 0.271 e. The fraction of sp³-hybridized carbons (Fsp3) is 0.167. The van der Waals surface area contributed by atoms with E-state index in [4.69, 9.17) is 19.5 Å². The van der Waals surface area contributed by atoms with Crippen molar-refractivity contribution in [3.63, 3.8) is 0 Å². The summed E-state index contributed by atoms with van der Waals surface area (Å²) in [6.07, 6.45) is 1.51. The number of methoxy groups -OCH3 is 2. The van der Waals surface area contributed by atoms with Gasteiger partial charge in [-0.1, -0.05) is 0 Å². The first-order valence-corrected chi connectivity index (χ1v) is 7.33. The highest BCUT2D eigenvalue weighted by molar-refractivity contribution is 5.95. The Kier molecular flexibility index (Phi) is 6.37. The number of nitrogens with one attached hydrogen (secondary N) is 1. The quantitative estimate of drug-likeness (QED) is 0.617. The Bertz CT molecular complexity index is 795. The van der Waals surface area contributed by atoms with Crippen molar-refractivity contribution < 1.29 is 19.0 Å². The van der Waals surface area contributed by atoms with Crippen molar-refractivity contribution in [2.75, 3.05) is 20.8 Å². The molecule has 25 heavy (non-hydrogen) atoms. The first kappa shape index (κ1) is 17.8. The lowest BCUT2D eigenvalue weighted by Gasteiger charge is -2.08. The monoisotopic (exact) mass is 339 g/mol. The van der Waals surface area contributed by atoms with Crippen molar-refractivity contribution in [1.29, 1.82) is 5.26 Å². The van der Waals surface area contributed by atoms with Gasteiger partial charge in [-0.05, 0) is 48.0 Å². The van der Waals surface area contributed by atoms with E-state index in [9.17, 15) is 4.79 Å². The van der Waals surface area contributed by atoms with E-state index in [1.54, 1.807) is 42.5 Å². The van der Waals surface area contributed by atoms with E-state index in [1.807, 2.05) is 6.07 Å². The molecule has 0 heterocycles. The third kappa shape index (κ3) is 4.97. The molecule has 0 saturated heterocycles. The van der Waals surface area contributed by atoms with Gasteiger partial charge in [-0.15, -0.1) is 0 Å². The van der Waals surface area contributed by atoms with Crippen LogP contribution in [0.15, 0.2) is 47.6 Å². The summed E-state index contributed by atoms with van der Waals surface area (Å²) < 4.78 is 15.4. The van der Waals surface area contributed by atoms with E-state index >= 15 is 0 Å². The van der Waals surface area contributed by atoms with Gasteiger partial charge in [0.1, 0.15) is 11.8 Å². The van der Waals surface area contributed by atoms with Gasteiger partial charge in [0.15, 0.2) is 18.1 Å². The number of rotatable bonds is 7. The fourth-order valence-corrected chi connectivity index (χ4v) is 1.97. The lowest BCUT2D eigenvalue weighted by atomic mass is 10.2. The van der Waals surface area contributed by atoms with Gasteiger partial charge in [-0.3, -0.25) is 4.79 Å². The molecule has 0 radical (unpaired) electrons. The Labute approximate surface area is 145 Å². The van der Waals surface area contributed by atoms with Crippen LogP contribution in [0.2, 0.25) is 0 Å². The molecule has 2 aromatic rings. The van der Waals surface area contributed by atoms with Gasteiger partial charge in [0.2, 0.25) is 0 Å². The van der Waals surface area contributed by atoms with Crippen LogP contribution in [0, 0.1) is 11.3 Å². The Morgan fingerprint density at radius 3 is 2.52 bits per heavy atom. The maximum absolute atomic E-state index is 12.1. The molecule has 2 rings (SSSR count). The first-order valence-electron chi connectivity index (χ1n) is 7.33. The molecule has 128 valence electrons. The SMILES string of the molecule is COc1ccc(C(=O)N/N=C/c2ccc(OCC#N)cc2)cc1OC. The molecule has 0 unspecified atom stereocenters. The van der Waals surface area contributed by atoms with Gasteiger partial charge in [0.05, 0.1) is 20.4 Å². The van der Waals surface area contributed by atoms with Crippen LogP contribution in [0.5, 0.6) is 17.2 Å². The normalized spacial score (nSPS) is 10.1. The van der Waals surface area contributed by atoms with Gasteiger partial charge < -0.3 is 14.2 Å². The molecule has 7 heteroatoms. The van der Waals surface area contributed by atoms with Gasteiger partial charge >= 0.3 is 0 Å². The Hall–Kier alpha value is -3.53. The minimum absolute atomic E-state index is 0.00514. The third-order valence-corrected chi connectivity index (χ3v) is 3.21. The molecule has 0 spiro atoms. The summed E-state index contributed by atoms with van der Waals surface area (Å²) in [7, 11) is 3.03. The van der Waals surface area contributed by atoms with E-state index in [2.05, 4.69) is 10.5 Å². The predicted molar refractivity (Wildman–Crippen MR) is 92.2 cm³/mol. The summed E-state index contributed by atoms with van der Waals surface area (Å²) in [5.41, 5.74) is 3.62. The topological polar surface area (TPSA) is 92.9 Å². The second-order valence-corrected chi connectivity index (χ2v) is 4.78. The van der Waals surface area contributed by atoms with Crippen LogP contribution in [-0.2, 0) is 0 Å². The molecule has 0 aliphatic heterocycles. The summed E-state index contributed by atoms with van der Waals surface area (Å²) in [4.78, 5) is 12.1. The van der Waals surface area contributed by atoms with Crippen molar-refractivity contribution >= 4 is 12.1 Å². The minimum Gasteiger partial charge on any atom is -0.493 e. The van der Waals surface area contributed by atoms with E-state index < -0.39 is 0 Å². The molecule has 1 N–H and O–H groups in total. The van der Waals surface area contributed by atoms with Crippen LogP contribution >= 0.6 is 0 Å². The molecule has 0 aromatic heterocycles. The van der Waals surface area contributed by atoms with Gasteiger partial charge in [0, 0.05) is 5.56 Å². The standard InChI is InChI=1S/C18H17N3O4/c1-23-16-8-5-14(11-17(16)24-2)18(22)21-20-12-13-3-6-15(7-4-13)25-10-9-19/h3-8,11-12H,10H2,1-2H3,(H,21,22)/b20-12+. The molecule has 7 nitrogen and oxygen atoms in total. The summed E-state index contributed by atoms with van der Waals surface area (Å²) in [6, 6.07) is 13.7. The van der Waals surface area contributed by atoms with Crippen molar-refractivity contribution in [3.8, 4) is 23.3 Å². The number of ether oxygens (including phenoxy) is 3. The molecule has 0 fully saturated rings. The number of carbonyl (C=O) groups is 1. The Morgan fingerprint density at radius 1 is 1.16 bits per heavy atom. The van der Waals surface area contributed by atoms with Gasteiger partial charge in [-0.2, -0.15) is 10.4 Å². The maximum atomic E-state index is 12.1. The lowest BCUT2D eigenvalue weighted by molar-refractivity contribution is 0.0954. The first-order chi connectivity index (χ1) is 12.2. The van der Waals surface area contributed by atoms with Crippen LogP contribution < -0.4 is 19.6 Å². The van der Waals surface area contributed by atoms with Crippen molar-refractivity contribution in [1.82, 2.24) is 5.43 Å². The highest BCUT2D eigenvalue weighted by Gasteiger charge is 2.09. The average molecular weight is 339 g/mol. The van der Waals surface area contributed by atoms with Crippen molar-refractivity contribution in [2.24, 2.45) is 5.10 Å². The largest absolute Gasteiger partial charge is 0.493 e. The molecular weight excluding hydrogens is 322 g/mol. The highest BCUT2D eigenvalue weighted by Crippen LogP contribution is 2.27. The van der Waals surface area contributed by atoms with Crippen LogP contribution in [-0.4, -0.2) is 32.9 Å². The average Bonchev–Trinajstić information content (AvgIpc) is 2.66. The number of nitrogens with zero attached hydrogens (tertiary/aromatic N) is 2. The summed E-state index contributed by atoms with van der Waals surface area (Å²) >= 11 is 0. The third-order valence-electron chi connectivity index (χ3n) is 3.21. The van der Waals surface area contributed by atoms with Crippen LogP contribution in [0.3, 0.4) is 0 Å². The van der Waals surface area contributed by atoms with Crippen LogP contribution in [0.25, 0.3) is 0 Å². The van der Waals surface area contributed by atoms with Gasteiger partial charge in [0.25, 0.3) is 5.91 Å². The molecule has 0 aliphatic rings. The fourth-order valence-electron chi connectivity index (χ4n) is 1.97. The van der Waals surface area contributed by atoms with E-state index in [-0.39, 0.29) is 12.5 Å². The maximum Gasteiger partial charge on any atom is 0.271 e. The molecule has 1 amide bonds. The number of hydrogen-bond acceptors (Lipinski definition) is 6. The highest BCUT2D eigenvalue weighted by atomic mass is 16.5. The molecule has 0 atom stereocenters. The number of amides is 1. The molecular formula is C18H17N3O4. The van der Waals surface area contributed by atoms with Crippen LogP contribution in [0.1, 0.15) is 15.9 Å². The zero-order valence-corrected chi connectivity index (χ0v) is 13.9. The zero-order valence-electron chi connectivity index (χ0n) is 13.9. The van der Waals surface area contributed by atoms with E-state index in [0.29, 0.717) is 22.8 Å². The molecule has 2 aromatic carbocycles. The summed E-state index contributed by atoms with van der Waals surface area (Å²) in [5, 5.41) is 12.4. The van der Waals surface area contributed by atoms with Crippen molar-refractivity contribution in [2.45, 2.75) is 0 Å². The van der Waals surface area contributed by atoms with Crippen LogP contribution in [0.4, 0.5) is 0 Å². The Balaban J connectivity index is 1.97. The number of nitriles is 1. The number of hydrazone groups is 1. The lowest BCUT2D eigenvalue weighted by Crippen LogP contribution is -2.17. The molecule has 0 aliphatic carbocycles. The van der Waals surface area contributed by atoms with Crippen molar-refractivity contribution in [3.05, 3.63) is 53.6 Å². The Morgan fingerprint density at radius 2 is 1.88 bits per heavy atom. The zero-order chi connectivity index (χ0) is 18.1. The number of carbonyl (C=O) groups excluding carboxylic acids is 1. The van der Waals surface area contributed by atoms with E-state index in [1.165, 1.54) is 20.4 Å². The molecule has 0 bridgehead atoms.